The molecule has 0 aliphatic heterocycles. The van der Waals surface area contributed by atoms with Gasteiger partial charge in [-0.05, 0) is 48.4 Å². The van der Waals surface area contributed by atoms with E-state index in [0.29, 0.717) is 0 Å². The van der Waals surface area contributed by atoms with Crippen LogP contribution in [0.3, 0.4) is 0 Å². The minimum Gasteiger partial charge on any atom is -0.543 e. The smallest absolute Gasteiger partial charge is 0.250 e. The second-order valence-corrected chi connectivity index (χ2v) is 18.6. The van der Waals surface area contributed by atoms with Crippen LogP contribution < -0.4 is 8.85 Å². The maximum absolute atomic E-state index is 6.38. The molecule has 0 aliphatic carbocycles. The molecule has 0 saturated carbocycles. The van der Waals surface area contributed by atoms with E-state index >= 15 is 0 Å². The Morgan fingerprint density at radius 2 is 1.00 bits per heavy atom. The highest BCUT2D eigenvalue weighted by Crippen LogP contribution is 2.40. The number of rotatable bonds is 4. The van der Waals surface area contributed by atoms with Crippen molar-refractivity contribution < 1.29 is 8.85 Å². The fourth-order valence-electron chi connectivity index (χ4n) is 1.50. The standard InChI is InChI=1S/C18H34O2Si2/c1-17(2,3)21(7,8)19-15-12-11-13-16(14-15)20-22(9,10)18(4,5)6/h11-14H,1-10H3. The Morgan fingerprint density at radius 1 is 0.682 bits per heavy atom. The molecule has 126 valence electrons. The van der Waals surface area contributed by atoms with Crippen molar-refractivity contribution in [2.75, 3.05) is 0 Å². The first kappa shape index (κ1) is 19.3. The lowest BCUT2D eigenvalue weighted by Gasteiger charge is -2.38. The van der Waals surface area contributed by atoms with Crippen molar-refractivity contribution in [1.82, 2.24) is 0 Å². The van der Waals surface area contributed by atoms with Gasteiger partial charge in [-0.3, -0.25) is 0 Å². The molecule has 22 heavy (non-hydrogen) atoms. The highest BCUT2D eigenvalue weighted by atomic mass is 28.4. The van der Waals surface area contributed by atoms with Crippen molar-refractivity contribution in [2.24, 2.45) is 0 Å². The molecule has 1 rings (SSSR count). The summed E-state index contributed by atoms with van der Waals surface area (Å²) in [5.74, 6) is 1.87. The normalized spacial score (nSPS) is 13.9. The van der Waals surface area contributed by atoms with Gasteiger partial charge in [0.1, 0.15) is 11.5 Å². The molecule has 0 heterocycles. The highest BCUT2D eigenvalue weighted by Gasteiger charge is 2.40. The Balaban J connectivity index is 2.97. The molecule has 1 aromatic rings. The summed E-state index contributed by atoms with van der Waals surface area (Å²) in [7, 11) is -3.62. The van der Waals surface area contributed by atoms with Gasteiger partial charge in [-0.25, -0.2) is 0 Å². The Hall–Kier alpha value is -0.746. The molecule has 0 N–H and O–H groups in total. The molecule has 0 aromatic heterocycles. The van der Waals surface area contributed by atoms with Crippen LogP contribution in [0.4, 0.5) is 0 Å². The van der Waals surface area contributed by atoms with Crippen LogP contribution in [0.15, 0.2) is 24.3 Å². The maximum atomic E-state index is 6.38. The van der Waals surface area contributed by atoms with Crippen LogP contribution in [-0.2, 0) is 0 Å². The van der Waals surface area contributed by atoms with E-state index < -0.39 is 16.6 Å². The van der Waals surface area contributed by atoms with E-state index in [1.54, 1.807) is 0 Å². The number of hydrogen-bond donors (Lipinski definition) is 0. The average molecular weight is 339 g/mol. The first-order chi connectivity index (χ1) is 9.66. The lowest BCUT2D eigenvalue weighted by Crippen LogP contribution is -2.44. The van der Waals surface area contributed by atoms with Crippen LogP contribution in [-0.4, -0.2) is 16.6 Å². The Labute approximate surface area is 139 Å². The van der Waals surface area contributed by atoms with Gasteiger partial charge in [0.05, 0.1) is 0 Å². The molecule has 1 aromatic carbocycles. The molecule has 0 spiro atoms. The molecule has 2 nitrogen and oxygen atoms in total. The van der Waals surface area contributed by atoms with Gasteiger partial charge in [0.2, 0.25) is 16.6 Å². The van der Waals surface area contributed by atoms with Crippen molar-refractivity contribution >= 4 is 16.6 Å². The number of benzene rings is 1. The van der Waals surface area contributed by atoms with Crippen LogP contribution in [0, 0.1) is 0 Å². The Morgan fingerprint density at radius 3 is 1.27 bits per heavy atom. The van der Waals surface area contributed by atoms with Gasteiger partial charge in [-0.1, -0.05) is 47.6 Å². The fraction of sp³-hybridized carbons (Fsp3) is 0.667. The zero-order chi connectivity index (χ0) is 17.4. The summed E-state index contributed by atoms with van der Waals surface area (Å²) in [6, 6.07) is 8.17. The first-order valence-electron chi connectivity index (χ1n) is 8.14. The van der Waals surface area contributed by atoms with Crippen molar-refractivity contribution in [3.8, 4) is 11.5 Å². The molecular weight excluding hydrogens is 304 g/mol. The highest BCUT2D eigenvalue weighted by molar-refractivity contribution is 6.75. The van der Waals surface area contributed by atoms with E-state index in [9.17, 15) is 0 Å². The second-order valence-electron chi connectivity index (χ2n) is 9.20. The van der Waals surface area contributed by atoms with Crippen molar-refractivity contribution in [3.05, 3.63) is 24.3 Å². The first-order valence-corrected chi connectivity index (χ1v) is 14.0. The van der Waals surface area contributed by atoms with Gasteiger partial charge in [-0.2, -0.15) is 0 Å². The predicted molar refractivity (Wildman–Crippen MR) is 102 cm³/mol. The molecule has 0 aliphatic rings. The summed E-state index contributed by atoms with van der Waals surface area (Å²) in [6.45, 7) is 22.6. The summed E-state index contributed by atoms with van der Waals surface area (Å²) in [5.41, 5.74) is 0. The molecule has 0 atom stereocenters. The summed E-state index contributed by atoms with van der Waals surface area (Å²) in [4.78, 5) is 0. The minimum atomic E-state index is -1.81. The lowest BCUT2D eigenvalue weighted by molar-refractivity contribution is 0.474. The summed E-state index contributed by atoms with van der Waals surface area (Å²) in [5, 5.41) is 0.395. The molecule has 0 amide bonds. The van der Waals surface area contributed by atoms with Crippen LogP contribution in [0.2, 0.25) is 36.3 Å². The number of hydrogen-bond acceptors (Lipinski definition) is 2. The zero-order valence-electron chi connectivity index (χ0n) is 16.1. The lowest BCUT2D eigenvalue weighted by atomic mass is 10.2. The summed E-state index contributed by atoms with van der Waals surface area (Å²) < 4.78 is 12.8. The van der Waals surface area contributed by atoms with E-state index in [-0.39, 0.29) is 10.1 Å². The molecule has 0 fully saturated rings. The van der Waals surface area contributed by atoms with E-state index in [1.165, 1.54) is 0 Å². The Kier molecular flexibility index (Phi) is 5.30. The quantitative estimate of drug-likeness (QED) is 0.587. The van der Waals surface area contributed by atoms with Crippen molar-refractivity contribution in [3.63, 3.8) is 0 Å². The minimum absolute atomic E-state index is 0.198. The fourth-order valence-corrected chi connectivity index (χ4v) is 3.54. The molecule has 0 unspecified atom stereocenters. The zero-order valence-corrected chi connectivity index (χ0v) is 18.1. The van der Waals surface area contributed by atoms with Crippen molar-refractivity contribution in [2.45, 2.75) is 77.8 Å². The third-order valence-electron chi connectivity index (χ3n) is 5.16. The van der Waals surface area contributed by atoms with E-state index in [1.807, 2.05) is 18.2 Å². The van der Waals surface area contributed by atoms with Crippen LogP contribution >= 0.6 is 0 Å². The van der Waals surface area contributed by atoms with Gasteiger partial charge in [0.25, 0.3) is 0 Å². The van der Waals surface area contributed by atoms with Gasteiger partial charge in [-0.15, -0.1) is 0 Å². The predicted octanol–water partition coefficient (Wildman–Crippen LogP) is 6.45. The van der Waals surface area contributed by atoms with Crippen LogP contribution in [0.25, 0.3) is 0 Å². The van der Waals surface area contributed by atoms with E-state index in [0.717, 1.165) is 11.5 Å². The molecular formula is C18H34O2Si2. The third kappa shape index (κ3) is 4.62. The van der Waals surface area contributed by atoms with Crippen LogP contribution in [0.1, 0.15) is 41.5 Å². The van der Waals surface area contributed by atoms with Crippen molar-refractivity contribution in [1.29, 1.82) is 0 Å². The van der Waals surface area contributed by atoms with Gasteiger partial charge < -0.3 is 8.85 Å². The second kappa shape index (κ2) is 6.04. The van der Waals surface area contributed by atoms with Gasteiger partial charge >= 0.3 is 0 Å². The molecule has 4 heteroatoms. The maximum Gasteiger partial charge on any atom is 0.250 e. The third-order valence-corrected chi connectivity index (χ3v) is 13.9. The monoisotopic (exact) mass is 338 g/mol. The summed E-state index contributed by atoms with van der Waals surface area (Å²) >= 11 is 0. The Bertz CT molecular complexity index is 465. The van der Waals surface area contributed by atoms with Gasteiger partial charge in [0.15, 0.2) is 0 Å². The SMILES string of the molecule is CC(C)(C)[Si](C)(C)Oc1cccc(O[Si](C)(C)C(C)(C)C)c1. The molecule has 0 saturated heterocycles. The van der Waals surface area contributed by atoms with E-state index in [2.05, 4.69) is 73.8 Å². The summed E-state index contributed by atoms with van der Waals surface area (Å²) in [6.07, 6.45) is 0. The molecule has 0 radical (unpaired) electrons. The topological polar surface area (TPSA) is 18.5 Å². The average Bonchev–Trinajstić information content (AvgIpc) is 2.24. The molecule has 0 bridgehead atoms. The largest absolute Gasteiger partial charge is 0.543 e. The van der Waals surface area contributed by atoms with E-state index in [4.69, 9.17) is 8.85 Å². The van der Waals surface area contributed by atoms with Gasteiger partial charge in [0, 0.05) is 6.07 Å². The van der Waals surface area contributed by atoms with Crippen LogP contribution in [0.5, 0.6) is 11.5 Å².